The van der Waals surface area contributed by atoms with Crippen molar-refractivity contribution in [2.45, 2.75) is 26.9 Å². The molecule has 6 nitrogen and oxygen atoms in total. The number of benzene rings is 1. The highest BCUT2D eigenvalue weighted by Crippen LogP contribution is 2.16. The Morgan fingerprint density at radius 1 is 1.08 bits per heavy atom. The van der Waals surface area contributed by atoms with Crippen LogP contribution in [0.1, 0.15) is 19.4 Å². The molecule has 0 atom stereocenters. The number of nitrogens with zero attached hydrogens (tertiary/aromatic N) is 3. The van der Waals surface area contributed by atoms with Gasteiger partial charge in [0.2, 0.25) is 0 Å². The molecule has 2 heterocycles. The molecule has 25 heavy (non-hydrogen) atoms. The second kappa shape index (κ2) is 6.63. The predicted octanol–water partition coefficient (Wildman–Crippen LogP) is 2.21. The van der Waals surface area contributed by atoms with Crippen LogP contribution < -0.4 is 16.0 Å². The van der Waals surface area contributed by atoms with Gasteiger partial charge < -0.3 is 9.30 Å². The molecule has 0 spiro atoms. The Morgan fingerprint density at radius 3 is 2.36 bits per heavy atom. The van der Waals surface area contributed by atoms with Crippen LogP contribution in [0.2, 0.25) is 0 Å². The first-order valence-corrected chi connectivity index (χ1v) is 8.33. The van der Waals surface area contributed by atoms with Crippen molar-refractivity contribution in [1.29, 1.82) is 0 Å². The second-order valence-corrected chi connectivity index (χ2v) is 6.73. The first kappa shape index (κ1) is 17.1. The van der Waals surface area contributed by atoms with Crippen molar-refractivity contribution in [1.82, 2.24) is 13.7 Å². The maximum atomic E-state index is 12.5. The lowest BCUT2D eigenvalue weighted by molar-refractivity contribution is 0.414. The van der Waals surface area contributed by atoms with E-state index < -0.39 is 0 Å². The lowest BCUT2D eigenvalue weighted by Gasteiger charge is -2.11. The lowest BCUT2D eigenvalue weighted by atomic mass is 10.2. The van der Waals surface area contributed by atoms with E-state index >= 15 is 0 Å². The first-order valence-electron chi connectivity index (χ1n) is 8.33. The predicted molar refractivity (Wildman–Crippen MR) is 98.4 cm³/mol. The normalized spacial score (nSPS) is 11.4. The summed E-state index contributed by atoms with van der Waals surface area (Å²) >= 11 is 0. The highest BCUT2D eigenvalue weighted by molar-refractivity contribution is 5.77. The molecule has 0 aliphatic rings. The van der Waals surface area contributed by atoms with Gasteiger partial charge in [0.05, 0.1) is 18.0 Å². The minimum absolute atomic E-state index is 0.256. The number of aromatic nitrogens is 3. The molecule has 1 aromatic carbocycles. The van der Waals surface area contributed by atoms with Gasteiger partial charge >= 0.3 is 5.69 Å². The lowest BCUT2D eigenvalue weighted by Crippen LogP contribution is -2.38. The van der Waals surface area contributed by atoms with E-state index in [1.807, 2.05) is 41.2 Å². The summed E-state index contributed by atoms with van der Waals surface area (Å²) in [6.07, 6.45) is 3.70. The maximum absolute atomic E-state index is 12.5. The Kier molecular flexibility index (Phi) is 4.53. The van der Waals surface area contributed by atoms with Crippen LogP contribution in [0.15, 0.2) is 46.2 Å². The van der Waals surface area contributed by atoms with E-state index in [1.165, 1.54) is 11.6 Å². The monoisotopic (exact) mass is 341 g/mol. The Hall–Kier alpha value is -2.76. The van der Waals surface area contributed by atoms with Crippen molar-refractivity contribution in [3.63, 3.8) is 0 Å². The Balaban J connectivity index is 2.07. The number of rotatable bonds is 5. The molecule has 6 heteroatoms. The van der Waals surface area contributed by atoms with Crippen LogP contribution >= 0.6 is 0 Å². The molecule has 0 bridgehead atoms. The van der Waals surface area contributed by atoms with E-state index in [-0.39, 0.29) is 11.2 Å². The molecule has 0 aliphatic heterocycles. The van der Waals surface area contributed by atoms with Crippen molar-refractivity contribution in [3.05, 3.63) is 63.1 Å². The maximum Gasteiger partial charge on any atom is 0.331 e. The van der Waals surface area contributed by atoms with E-state index in [1.54, 1.807) is 11.7 Å². The van der Waals surface area contributed by atoms with E-state index in [2.05, 4.69) is 13.8 Å². The third kappa shape index (κ3) is 3.24. The highest BCUT2D eigenvalue weighted by atomic mass is 16.5. The molecule has 3 aromatic rings. The van der Waals surface area contributed by atoms with E-state index in [0.29, 0.717) is 29.9 Å². The van der Waals surface area contributed by atoms with Crippen molar-refractivity contribution in [2.75, 3.05) is 7.11 Å². The molecule has 0 fully saturated rings. The molecule has 0 aliphatic carbocycles. The quantitative estimate of drug-likeness (QED) is 0.715. The molecule has 0 unspecified atom stereocenters. The standard InChI is InChI=1S/C19H23N3O3/c1-13(2)9-22-17-12-21(10-14-5-7-15(25-4)8-6-14)11-16(17)18(23)20(3)19(22)24/h5-8,11-13H,9-10H2,1-4H3. The van der Waals surface area contributed by atoms with Crippen molar-refractivity contribution < 1.29 is 4.74 Å². The number of hydrogen-bond acceptors (Lipinski definition) is 3. The minimum Gasteiger partial charge on any atom is -0.497 e. The average molecular weight is 341 g/mol. The van der Waals surface area contributed by atoms with Crippen LogP contribution in [-0.4, -0.2) is 20.8 Å². The van der Waals surface area contributed by atoms with Gasteiger partial charge in [0.15, 0.2) is 0 Å². The van der Waals surface area contributed by atoms with E-state index in [0.717, 1.165) is 11.3 Å². The van der Waals surface area contributed by atoms with Gasteiger partial charge in [0.25, 0.3) is 5.56 Å². The molecule has 3 rings (SSSR count). The fourth-order valence-corrected chi connectivity index (χ4v) is 3.00. The van der Waals surface area contributed by atoms with Gasteiger partial charge in [-0.2, -0.15) is 0 Å². The summed E-state index contributed by atoms with van der Waals surface area (Å²) in [7, 11) is 3.17. The third-order valence-electron chi connectivity index (χ3n) is 4.27. The number of hydrogen-bond donors (Lipinski definition) is 0. The molecule has 132 valence electrons. The second-order valence-electron chi connectivity index (χ2n) is 6.73. The molecular formula is C19H23N3O3. The number of ether oxygens (including phenoxy) is 1. The van der Waals surface area contributed by atoms with E-state index in [4.69, 9.17) is 4.74 Å². The van der Waals surface area contributed by atoms with Gasteiger partial charge in [-0.15, -0.1) is 0 Å². The van der Waals surface area contributed by atoms with Gasteiger partial charge in [0, 0.05) is 32.5 Å². The largest absolute Gasteiger partial charge is 0.497 e. The topological polar surface area (TPSA) is 58.2 Å². The summed E-state index contributed by atoms with van der Waals surface area (Å²) in [6, 6.07) is 7.80. The fraction of sp³-hybridized carbons (Fsp3) is 0.368. The Morgan fingerprint density at radius 2 is 1.76 bits per heavy atom. The van der Waals surface area contributed by atoms with Crippen LogP contribution in [0.3, 0.4) is 0 Å². The zero-order valence-electron chi connectivity index (χ0n) is 15.0. The molecule has 0 saturated heterocycles. The Labute approximate surface area is 145 Å². The van der Waals surface area contributed by atoms with Gasteiger partial charge in [0.1, 0.15) is 5.75 Å². The summed E-state index contributed by atoms with van der Waals surface area (Å²) in [4.78, 5) is 24.9. The molecule has 0 N–H and O–H groups in total. The van der Waals surface area contributed by atoms with Crippen molar-refractivity contribution in [3.8, 4) is 5.75 Å². The van der Waals surface area contributed by atoms with Gasteiger partial charge in [-0.25, -0.2) is 4.79 Å². The summed E-state index contributed by atoms with van der Waals surface area (Å²) in [5.41, 5.74) is 1.26. The zero-order valence-corrected chi connectivity index (χ0v) is 15.0. The average Bonchev–Trinajstić information content (AvgIpc) is 3.01. The summed E-state index contributed by atoms with van der Waals surface area (Å²) in [5.74, 6) is 1.12. The highest BCUT2D eigenvalue weighted by Gasteiger charge is 2.14. The molecule has 0 saturated carbocycles. The van der Waals surface area contributed by atoms with Crippen molar-refractivity contribution in [2.24, 2.45) is 13.0 Å². The minimum atomic E-state index is -0.270. The smallest absolute Gasteiger partial charge is 0.331 e. The first-order chi connectivity index (χ1) is 11.9. The Bertz CT molecular complexity index is 1010. The molecule has 0 radical (unpaired) electrons. The van der Waals surface area contributed by atoms with Crippen LogP contribution in [0.4, 0.5) is 0 Å². The van der Waals surface area contributed by atoms with Crippen LogP contribution in [-0.2, 0) is 20.1 Å². The van der Waals surface area contributed by atoms with Gasteiger partial charge in [-0.1, -0.05) is 26.0 Å². The third-order valence-corrected chi connectivity index (χ3v) is 4.27. The van der Waals surface area contributed by atoms with Crippen LogP contribution in [0.25, 0.3) is 10.9 Å². The SMILES string of the molecule is COc1ccc(Cn2cc3c(=O)n(C)c(=O)n(CC(C)C)c3c2)cc1. The van der Waals surface area contributed by atoms with Crippen molar-refractivity contribution >= 4 is 10.9 Å². The molecular weight excluding hydrogens is 318 g/mol. The summed E-state index contributed by atoms with van der Waals surface area (Å²) in [6.45, 7) is 5.31. The zero-order chi connectivity index (χ0) is 18.1. The van der Waals surface area contributed by atoms with Gasteiger partial charge in [-0.3, -0.25) is 13.9 Å². The molecule has 0 amide bonds. The summed E-state index contributed by atoms with van der Waals surface area (Å²) < 4.78 is 9.99. The number of fused-ring (bicyclic) bond motifs is 1. The van der Waals surface area contributed by atoms with Crippen LogP contribution in [0.5, 0.6) is 5.75 Å². The fourth-order valence-electron chi connectivity index (χ4n) is 3.00. The number of methoxy groups -OCH3 is 1. The molecule has 2 aromatic heterocycles. The van der Waals surface area contributed by atoms with Gasteiger partial charge in [-0.05, 0) is 23.6 Å². The van der Waals surface area contributed by atoms with Crippen LogP contribution in [0, 0.1) is 5.92 Å². The van der Waals surface area contributed by atoms with E-state index in [9.17, 15) is 9.59 Å². The summed E-state index contributed by atoms with van der Waals surface area (Å²) in [5, 5.41) is 0.566.